The Kier molecular flexibility index (Phi) is 3.03. The molecule has 0 aliphatic carbocycles. The van der Waals surface area contributed by atoms with Crippen LogP contribution in [0.15, 0.2) is 24.3 Å². The molecule has 3 heterocycles. The van der Waals surface area contributed by atoms with Gasteiger partial charge in [-0.1, -0.05) is 0 Å². The smallest absolute Gasteiger partial charge is 0.221 e. The molecule has 2 unspecified atom stereocenters. The highest BCUT2D eigenvalue weighted by Gasteiger charge is 2.32. The van der Waals surface area contributed by atoms with Crippen LogP contribution < -0.4 is 5.32 Å². The van der Waals surface area contributed by atoms with Crippen LogP contribution >= 0.6 is 0 Å². The average Bonchev–Trinajstić information content (AvgIpc) is 3.17. The molecule has 2 N–H and O–H groups in total. The first-order valence-electron chi connectivity index (χ1n) is 7.39. The number of hydrogen-bond acceptors (Lipinski definition) is 5. The molecule has 1 aromatic carbocycles. The van der Waals surface area contributed by atoms with Crippen LogP contribution in [-0.2, 0) is 4.74 Å². The fourth-order valence-corrected chi connectivity index (χ4v) is 3.15. The molecule has 4 rings (SSSR count). The first-order chi connectivity index (χ1) is 10.3. The quantitative estimate of drug-likeness (QED) is 0.884. The molecule has 110 valence electrons. The van der Waals surface area contributed by atoms with Crippen molar-refractivity contribution in [3.05, 3.63) is 24.3 Å². The summed E-state index contributed by atoms with van der Waals surface area (Å²) >= 11 is 0. The van der Waals surface area contributed by atoms with Crippen LogP contribution in [0.3, 0.4) is 0 Å². The fraction of sp³-hybridized carbons (Fsp3) is 0.467. The second kappa shape index (κ2) is 5.04. The van der Waals surface area contributed by atoms with Gasteiger partial charge in [0.2, 0.25) is 5.95 Å². The number of anilines is 1. The van der Waals surface area contributed by atoms with Gasteiger partial charge in [0.1, 0.15) is 5.75 Å². The van der Waals surface area contributed by atoms with E-state index < -0.39 is 0 Å². The van der Waals surface area contributed by atoms with Crippen molar-refractivity contribution in [2.45, 2.75) is 18.9 Å². The van der Waals surface area contributed by atoms with Gasteiger partial charge < -0.3 is 15.2 Å². The number of fused-ring (bicyclic) bond motifs is 1. The van der Waals surface area contributed by atoms with Gasteiger partial charge in [0.15, 0.2) is 5.82 Å². The summed E-state index contributed by atoms with van der Waals surface area (Å²) in [5.74, 6) is 2.31. The maximum Gasteiger partial charge on any atom is 0.221 e. The average molecular weight is 286 g/mol. The normalized spacial score (nSPS) is 24.6. The highest BCUT2D eigenvalue weighted by Crippen LogP contribution is 2.34. The van der Waals surface area contributed by atoms with Crippen molar-refractivity contribution in [3.8, 4) is 17.1 Å². The summed E-state index contributed by atoms with van der Waals surface area (Å²) < 4.78 is 7.54. The topological polar surface area (TPSA) is 72.2 Å². The van der Waals surface area contributed by atoms with E-state index in [0.29, 0.717) is 17.8 Å². The lowest BCUT2D eigenvalue weighted by molar-refractivity contribution is 0.167. The third-order valence-corrected chi connectivity index (χ3v) is 4.30. The molecule has 2 aliphatic rings. The van der Waals surface area contributed by atoms with Crippen molar-refractivity contribution >= 4 is 5.95 Å². The molecule has 0 spiro atoms. The van der Waals surface area contributed by atoms with Gasteiger partial charge >= 0.3 is 0 Å². The predicted molar refractivity (Wildman–Crippen MR) is 78.2 cm³/mol. The van der Waals surface area contributed by atoms with Crippen LogP contribution in [0.2, 0.25) is 0 Å². The van der Waals surface area contributed by atoms with Crippen molar-refractivity contribution < 1.29 is 9.84 Å². The molecular weight excluding hydrogens is 268 g/mol. The van der Waals surface area contributed by atoms with Gasteiger partial charge in [-0.25, -0.2) is 4.68 Å². The third-order valence-electron chi connectivity index (χ3n) is 4.30. The van der Waals surface area contributed by atoms with Gasteiger partial charge in [-0.3, -0.25) is 0 Å². The first kappa shape index (κ1) is 12.6. The van der Waals surface area contributed by atoms with Gasteiger partial charge in [-0.2, -0.15) is 4.98 Å². The highest BCUT2D eigenvalue weighted by atomic mass is 16.5. The third kappa shape index (κ3) is 2.25. The summed E-state index contributed by atoms with van der Waals surface area (Å²) in [5, 5.41) is 17.4. The summed E-state index contributed by atoms with van der Waals surface area (Å²) in [6, 6.07) is 7.35. The van der Waals surface area contributed by atoms with Crippen molar-refractivity contribution in [1.29, 1.82) is 0 Å². The van der Waals surface area contributed by atoms with Crippen LogP contribution in [0.25, 0.3) is 11.4 Å². The van der Waals surface area contributed by atoms with Gasteiger partial charge in [0.25, 0.3) is 0 Å². The fourth-order valence-electron chi connectivity index (χ4n) is 3.15. The number of ether oxygens (including phenoxy) is 1. The van der Waals surface area contributed by atoms with Gasteiger partial charge in [-0.05, 0) is 37.1 Å². The number of phenols is 1. The number of aromatic hydroxyl groups is 1. The van der Waals surface area contributed by atoms with Gasteiger partial charge in [-0.15, -0.1) is 5.10 Å². The van der Waals surface area contributed by atoms with Crippen LogP contribution in [0.1, 0.15) is 18.9 Å². The zero-order chi connectivity index (χ0) is 14.2. The Morgan fingerprint density at radius 1 is 1.24 bits per heavy atom. The molecule has 1 fully saturated rings. The highest BCUT2D eigenvalue weighted by molar-refractivity contribution is 5.57. The molecule has 6 heteroatoms. The van der Waals surface area contributed by atoms with E-state index in [2.05, 4.69) is 15.4 Å². The minimum Gasteiger partial charge on any atom is -0.508 e. The summed E-state index contributed by atoms with van der Waals surface area (Å²) in [4.78, 5) is 4.59. The van der Waals surface area contributed by atoms with Crippen LogP contribution in [-0.4, -0.2) is 39.6 Å². The molecule has 2 aliphatic heterocycles. The zero-order valence-electron chi connectivity index (χ0n) is 11.7. The molecule has 0 bridgehead atoms. The monoisotopic (exact) mass is 286 g/mol. The van der Waals surface area contributed by atoms with E-state index in [4.69, 9.17) is 4.74 Å². The van der Waals surface area contributed by atoms with Crippen LogP contribution in [0, 0.1) is 5.92 Å². The maximum absolute atomic E-state index is 9.38. The van der Waals surface area contributed by atoms with Gasteiger partial charge in [0.05, 0.1) is 12.6 Å². The largest absolute Gasteiger partial charge is 0.508 e. The molecule has 1 saturated heterocycles. The van der Waals surface area contributed by atoms with Crippen molar-refractivity contribution in [2.75, 3.05) is 25.1 Å². The molecule has 6 nitrogen and oxygen atoms in total. The molecule has 0 radical (unpaired) electrons. The van der Waals surface area contributed by atoms with Crippen molar-refractivity contribution in [1.82, 2.24) is 14.8 Å². The summed E-state index contributed by atoms with van der Waals surface area (Å²) in [7, 11) is 0. The Morgan fingerprint density at radius 2 is 2.10 bits per heavy atom. The number of nitrogens with zero attached hydrogens (tertiary/aromatic N) is 3. The lowest BCUT2D eigenvalue weighted by atomic mass is 9.95. The predicted octanol–water partition coefficient (Wildman–Crippen LogP) is 2.04. The molecule has 21 heavy (non-hydrogen) atoms. The summed E-state index contributed by atoms with van der Waals surface area (Å²) in [5.41, 5.74) is 0.915. The number of phenolic OH excluding ortho intramolecular Hbond substituents is 1. The van der Waals surface area contributed by atoms with E-state index >= 15 is 0 Å². The molecule has 2 atom stereocenters. The Bertz CT molecular complexity index is 632. The Hall–Kier alpha value is -2.08. The molecular formula is C15H18N4O2. The van der Waals surface area contributed by atoms with E-state index in [9.17, 15) is 5.11 Å². The van der Waals surface area contributed by atoms with E-state index in [1.807, 2.05) is 16.8 Å². The second-order valence-corrected chi connectivity index (χ2v) is 5.66. The molecule has 0 saturated carbocycles. The second-order valence-electron chi connectivity index (χ2n) is 5.66. The van der Waals surface area contributed by atoms with Crippen LogP contribution in [0.4, 0.5) is 5.95 Å². The molecule has 1 aromatic heterocycles. The number of nitrogens with one attached hydrogen (secondary N) is 1. The molecule has 2 aromatic rings. The van der Waals surface area contributed by atoms with E-state index in [0.717, 1.165) is 44.1 Å². The lowest BCUT2D eigenvalue weighted by Crippen LogP contribution is -2.29. The Balaban J connectivity index is 1.68. The standard InChI is InChI=1S/C15H18N4O2/c20-12-3-1-10(2-4-12)14-17-15-16-7-5-13(19(15)18-14)11-6-8-21-9-11/h1-4,11,13,20H,5-9H2,(H,16,17,18). The van der Waals surface area contributed by atoms with Crippen molar-refractivity contribution in [2.24, 2.45) is 5.92 Å². The van der Waals surface area contributed by atoms with Crippen LogP contribution in [0.5, 0.6) is 5.75 Å². The van der Waals surface area contributed by atoms with E-state index in [1.54, 1.807) is 12.1 Å². The minimum atomic E-state index is 0.252. The number of benzene rings is 1. The SMILES string of the molecule is Oc1ccc(-c2nc3n(n2)C(C2CCOC2)CCN3)cc1. The number of aromatic nitrogens is 3. The molecule has 0 amide bonds. The van der Waals surface area contributed by atoms with E-state index in [-0.39, 0.29) is 5.75 Å². The first-order valence-corrected chi connectivity index (χ1v) is 7.39. The lowest BCUT2D eigenvalue weighted by Gasteiger charge is -2.28. The number of hydrogen-bond donors (Lipinski definition) is 2. The van der Waals surface area contributed by atoms with Gasteiger partial charge in [0, 0.05) is 24.6 Å². The Morgan fingerprint density at radius 3 is 2.86 bits per heavy atom. The summed E-state index contributed by atoms with van der Waals surface area (Å²) in [6.07, 6.45) is 2.15. The zero-order valence-corrected chi connectivity index (χ0v) is 11.7. The van der Waals surface area contributed by atoms with Crippen molar-refractivity contribution in [3.63, 3.8) is 0 Å². The number of rotatable bonds is 2. The summed E-state index contributed by atoms with van der Waals surface area (Å²) in [6.45, 7) is 2.59. The maximum atomic E-state index is 9.38. The van der Waals surface area contributed by atoms with E-state index in [1.165, 1.54) is 0 Å². The minimum absolute atomic E-state index is 0.252. The Labute approximate surface area is 122 Å².